The minimum Gasteiger partial charge on any atom is -0.464 e. The molecule has 0 radical (unpaired) electrons. The van der Waals surface area contributed by atoms with Gasteiger partial charge in [-0.15, -0.1) is 0 Å². The van der Waals surface area contributed by atoms with Gasteiger partial charge in [0.2, 0.25) is 0 Å². The molecule has 0 spiro atoms. The maximum Gasteiger partial charge on any atom is 0.254 e. The van der Waals surface area contributed by atoms with E-state index < -0.39 is 5.60 Å². The van der Waals surface area contributed by atoms with Gasteiger partial charge in [-0.25, -0.2) is 0 Å². The fourth-order valence-corrected chi connectivity index (χ4v) is 1.92. The normalized spacial score (nSPS) is 15.8. The highest BCUT2D eigenvalue weighted by Gasteiger charge is 2.40. The number of hydrogen-bond acceptors (Lipinski definition) is 3. The molecule has 0 N–H and O–H groups in total. The van der Waals surface area contributed by atoms with Crippen LogP contribution in [-0.2, 0) is 16.1 Å². The summed E-state index contributed by atoms with van der Waals surface area (Å²) in [6.07, 6.45) is 2.15. The van der Waals surface area contributed by atoms with Gasteiger partial charge in [-0.3, -0.25) is 4.79 Å². The summed E-state index contributed by atoms with van der Waals surface area (Å²) in [5, 5.41) is 0. The number of methoxy groups -OCH3 is 1. The van der Waals surface area contributed by atoms with Gasteiger partial charge in [-0.05, 0) is 45.7 Å². The summed E-state index contributed by atoms with van der Waals surface area (Å²) in [5.41, 5.74) is -0.774. The van der Waals surface area contributed by atoms with Crippen molar-refractivity contribution < 1.29 is 13.9 Å². The lowest BCUT2D eigenvalue weighted by Crippen LogP contribution is -2.47. The molecule has 1 aromatic rings. The first-order valence-corrected chi connectivity index (χ1v) is 6.35. The minimum atomic E-state index is -0.774. The van der Waals surface area contributed by atoms with Crippen molar-refractivity contribution in [2.24, 2.45) is 0 Å². The van der Waals surface area contributed by atoms with Crippen LogP contribution in [0.5, 0.6) is 0 Å². The molecule has 0 unspecified atom stereocenters. The standard InChI is InChI=1S/C14H21NO3/c1-10-5-8-12(18-10)9-15(11-6-7-11)13(16)14(2,3)17-4/h5,8,11H,6-7,9H2,1-4H3. The molecule has 1 saturated carbocycles. The predicted octanol–water partition coefficient (Wildman–Crippen LogP) is 2.50. The van der Waals surface area contributed by atoms with Crippen molar-refractivity contribution >= 4 is 5.91 Å². The van der Waals surface area contributed by atoms with Gasteiger partial charge in [-0.1, -0.05) is 0 Å². The van der Waals surface area contributed by atoms with Crippen LogP contribution in [-0.4, -0.2) is 29.6 Å². The molecule has 1 aliphatic rings. The Labute approximate surface area is 108 Å². The highest BCUT2D eigenvalue weighted by atomic mass is 16.5. The van der Waals surface area contributed by atoms with Gasteiger partial charge in [0, 0.05) is 13.2 Å². The largest absolute Gasteiger partial charge is 0.464 e. The van der Waals surface area contributed by atoms with Crippen molar-refractivity contribution in [1.82, 2.24) is 4.90 Å². The first-order chi connectivity index (χ1) is 8.44. The third kappa shape index (κ3) is 2.75. The first kappa shape index (κ1) is 13.1. The summed E-state index contributed by atoms with van der Waals surface area (Å²) in [5.74, 6) is 1.74. The Balaban J connectivity index is 2.11. The van der Waals surface area contributed by atoms with Crippen LogP contribution in [0.4, 0.5) is 0 Å². The Morgan fingerprint density at radius 3 is 2.61 bits per heavy atom. The van der Waals surface area contributed by atoms with Crippen LogP contribution in [0.25, 0.3) is 0 Å². The van der Waals surface area contributed by atoms with Crippen LogP contribution in [0, 0.1) is 6.92 Å². The summed E-state index contributed by atoms with van der Waals surface area (Å²) >= 11 is 0. The van der Waals surface area contributed by atoms with Crippen molar-refractivity contribution in [3.8, 4) is 0 Å². The van der Waals surface area contributed by atoms with E-state index in [0.29, 0.717) is 12.6 Å². The molecular formula is C14H21NO3. The molecule has 0 atom stereocenters. The first-order valence-electron chi connectivity index (χ1n) is 6.35. The number of furan rings is 1. The zero-order chi connectivity index (χ0) is 13.3. The monoisotopic (exact) mass is 251 g/mol. The summed E-state index contributed by atoms with van der Waals surface area (Å²) in [6, 6.07) is 4.20. The van der Waals surface area contributed by atoms with Crippen molar-refractivity contribution in [2.45, 2.75) is 51.8 Å². The lowest BCUT2D eigenvalue weighted by Gasteiger charge is -2.30. The Morgan fingerprint density at radius 1 is 1.50 bits per heavy atom. The fraction of sp³-hybridized carbons (Fsp3) is 0.643. The zero-order valence-corrected chi connectivity index (χ0v) is 11.5. The van der Waals surface area contributed by atoms with E-state index in [0.717, 1.165) is 24.4 Å². The van der Waals surface area contributed by atoms with Gasteiger partial charge in [0.1, 0.15) is 17.1 Å². The molecule has 0 aliphatic heterocycles. The number of amides is 1. The maximum atomic E-state index is 12.4. The highest BCUT2D eigenvalue weighted by molar-refractivity contribution is 5.84. The molecule has 1 amide bonds. The van der Waals surface area contributed by atoms with Gasteiger partial charge >= 0.3 is 0 Å². The number of rotatable bonds is 5. The van der Waals surface area contributed by atoms with E-state index in [1.165, 1.54) is 0 Å². The van der Waals surface area contributed by atoms with E-state index in [-0.39, 0.29) is 5.91 Å². The summed E-state index contributed by atoms with van der Waals surface area (Å²) < 4.78 is 10.8. The van der Waals surface area contributed by atoms with Crippen LogP contribution in [0.15, 0.2) is 16.5 Å². The number of carbonyl (C=O) groups is 1. The van der Waals surface area contributed by atoms with Gasteiger partial charge in [0.25, 0.3) is 5.91 Å². The molecule has 1 aliphatic carbocycles. The topological polar surface area (TPSA) is 42.7 Å². The second-order valence-electron chi connectivity index (χ2n) is 5.39. The van der Waals surface area contributed by atoms with E-state index in [1.807, 2.05) is 24.0 Å². The van der Waals surface area contributed by atoms with Crippen LogP contribution >= 0.6 is 0 Å². The molecule has 2 rings (SSSR count). The molecule has 100 valence electrons. The molecule has 0 aromatic carbocycles. The second-order valence-corrected chi connectivity index (χ2v) is 5.39. The van der Waals surface area contributed by atoms with E-state index in [9.17, 15) is 4.79 Å². The average Bonchev–Trinajstić information content (AvgIpc) is 3.09. The molecule has 0 bridgehead atoms. The number of aryl methyl sites for hydroxylation is 1. The lowest BCUT2D eigenvalue weighted by atomic mass is 10.1. The molecule has 1 fully saturated rings. The molecular weight excluding hydrogens is 230 g/mol. The maximum absolute atomic E-state index is 12.4. The Kier molecular flexibility index (Phi) is 3.48. The highest BCUT2D eigenvalue weighted by Crippen LogP contribution is 2.31. The number of nitrogens with zero attached hydrogens (tertiary/aromatic N) is 1. The van der Waals surface area contributed by atoms with Crippen LogP contribution < -0.4 is 0 Å². The average molecular weight is 251 g/mol. The zero-order valence-electron chi connectivity index (χ0n) is 11.5. The SMILES string of the molecule is COC(C)(C)C(=O)N(Cc1ccc(C)o1)C1CC1. The molecule has 4 heteroatoms. The Hall–Kier alpha value is -1.29. The smallest absolute Gasteiger partial charge is 0.254 e. The molecule has 4 nitrogen and oxygen atoms in total. The Bertz CT molecular complexity index is 432. The summed E-state index contributed by atoms with van der Waals surface area (Å²) in [6.45, 7) is 6.05. The van der Waals surface area contributed by atoms with Crippen molar-refractivity contribution in [2.75, 3.05) is 7.11 Å². The minimum absolute atomic E-state index is 0.0292. The van der Waals surface area contributed by atoms with Crippen molar-refractivity contribution in [3.63, 3.8) is 0 Å². The van der Waals surface area contributed by atoms with Crippen molar-refractivity contribution in [3.05, 3.63) is 23.7 Å². The van der Waals surface area contributed by atoms with E-state index >= 15 is 0 Å². The molecule has 1 heterocycles. The molecule has 0 saturated heterocycles. The van der Waals surface area contributed by atoms with E-state index in [1.54, 1.807) is 21.0 Å². The van der Waals surface area contributed by atoms with Gasteiger partial charge in [0.15, 0.2) is 0 Å². The fourth-order valence-electron chi connectivity index (χ4n) is 1.92. The number of carbonyl (C=O) groups excluding carboxylic acids is 1. The summed E-state index contributed by atoms with van der Waals surface area (Å²) in [4.78, 5) is 14.3. The number of ether oxygens (including phenoxy) is 1. The van der Waals surface area contributed by atoms with Crippen LogP contribution in [0.2, 0.25) is 0 Å². The van der Waals surface area contributed by atoms with Gasteiger partial charge < -0.3 is 14.1 Å². The van der Waals surface area contributed by atoms with Crippen molar-refractivity contribution in [1.29, 1.82) is 0 Å². The van der Waals surface area contributed by atoms with E-state index in [2.05, 4.69) is 0 Å². The number of hydrogen-bond donors (Lipinski definition) is 0. The van der Waals surface area contributed by atoms with Gasteiger partial charge in [0.05, 0.1) is 6.54 Å². The Morgan fingerprint density at radius 2 is 2.17 bits per heavy atom. The third-order valence-electron chi connectivity index (χ3n) is 3.40. The third-order valence-corrected chi connectivity index (χ3v) is 3.40. The summed E-state index contributed by atoms with van der Waals surface area (Å²) in [7, 11) is 1.57. The molecule has 1 aromatic heterocycles. The predicted molar refractivity (Wildman–Crippen MR) is 68.1 cm³/mol. The second kappa shape index (κ2) is 4.76. The molecule has 18 heavy (non-hydrogen) atoms. The van der Waals surface area contributed by atoms with Crippen LogP contribution in [0.3, 0.4) is 0 Å². The van der Waals surface area contributed by atoms with Crippen LogP contribution in [0.1, 0.15) is 38.2 Å². The lowest BCUT2D eigenvalue weighted by molar-refractivity contribution is -0.152. The van der Waals surface area contributed by atoms with E-state index in [4.69, 9.17) is 9.15 Å². The quantitative estimate of drug-likeness (QED) is 0.807. The van der Waals surface area contributed by atoms with Gasteiger partial charge in [-0.2, -0.15) is 0 Å².